The van der Waals surface area contributed by atoms with E-state index in [0.717, 1.165) is 37.4 Å². The average molecular weight is 408 g/mol. The number of nitrogens with zero attached hydrogens (tertiary/aromatic N) is 3. The molecule has 0 aromatic carbocycles. The number of aliphatic imine (C=N–C) groups is 1. The van der Waals surface area contributed by atoms with Gasteiger partial charge in [0.05, 0.1) is 0 Å². The van der Waals surface area contributed by atoms with Crippen LogP contribution in [0.4, 0.5) is 0 Å². The third kappa shape index (κ3) is 5.93. The van der Waals surface area contributed by atoms with Gasteiger partial charge in [-0.05, 0) is 51.1 Å². The lowest BCUT2D eigenvalue weighted by Crippen LogP contribution is -2.46. The van der Waals surface area contributed by atoms with Crippen molar-refractivity contribution in [2.24, 2.45) is 16.8 Å². The molecule has 0 bridgehead atoms. The van der Waals surface area contributed by atoms with E-state index in [1.807, 2.05) is 0 Å². The van der Waals surface area contributed by atoms with Gasteiger partial charge in [-0.25, -0.2) is 0 Å². The van der Waals surface area contributed by atoms with E-state index in [0.29, 0.717) is 0 Å². The van der Waals surface area contributed by atoms with Crippen molar-refractivity contribution in [3.63, 3.8) is 0 Å². The Balaban J connectivity index is 0.00000220. The van der Waals surface area contributed by atoms with Gasteiger partial charge in [0.15, 0.2) is 5.96 Å². The topological polar surface area (TPSA) is 30.9 Å². The van der Waals surface area contributed by atoms with Gasteiger partial charge in [-0.2, -0.15) is 0 Å². The highest BCUT2D eigenvalue weighted by molar-refractivity contribution is 14.0. The SMILES string of the molecule is CCNC(=NCC1CCN(CC)C1)N1CCCC(C)C1.I. The first kappa shape index (κ1) is 19.0. The molecule has 2 aliphatic rings. The quantitative estimate of drug-likeness (QED) is 0.441. The van der Waals surface area contributed by atoms with Gasteiger partial charge in [-0.15, -0.1) is 24.0 Å². The summed E-state index contributed by atoms with van der Waals surface area (Å²) in [5.41, 5.74) is 0. The second-order valence-corrected chi connectivity index (χ2v) is 6.44. The molecule has 2 heterocycles. The molecule has 0 saturated carbocycles. The molecule has 2 atom stereocenters. The maximum Gasteiger partial charge on any atom is 0.193 e. The molecule has 124 valence electrons. The molecule has 0 amide bonds. The van der Waals surface area contributed by atoms with Gasteiger partial charge in [0.25, 0.3) is 0 Å². The van der Waals surface area contributed by atoms with E-state index in [9.17, 15) is 0 Å². The van der Waals surface area contributed by atoms with E-state index >= 15 is 0 Å². The van der Waals surface area contributed by atoms with Crippen LogP contribution in [0.15, 0.2) is 4.99 Å². The Morgan fingerprint density at radius 3 is 2.62 bits per heavy atom. The van der Waals surface area contributed by atoms with E-state index < -0.39 is 0 Å². The minimum Gasteiger partial charge on any atom is -0.357 e. The van der Waals surface area contributed by atoms with Crippen LogP contribution in [0, 0.1) is 11.8 Å². The van der Waals surface area contributed by atoms with Crippen LogP contribution in [-0.4, -0.2) is 61.6 Å². The Labute approximate surface area is 147 Å². The normalized spacial score (nSPS) is 27.6. The monoisotopic (exact) mass is 408 g/mol. The molecule has 2 aliphatic heterocycles. The fourth-order valence-electron chi connectivity index (χ4n) is 3.37. The Kier molecular flexibility index (Phi) is 8.94. The highest BCUT2D eigenvalue weighted by Gasteiger charge is 2.22. The summed E-state index contributed by atoms with van der Waals surface area (Å²) in [5.74, 6) is 2.70. The molecule has 5 heteroatoms. The molecular weight excluding hydrogens is 375 g/mol. The van der Waals surface area contributed by atoms with E-state index in [1.54, 1.807) is 0 Å². The lowest BCUT2D eigenvalue weighted by atomic mass is 10.0. The van der Waals surface area contributed by atoms with Gasteiger partial charge < -0.3 is 15.1 Å². The van der Waals surface area contributed by atoms with Crippen LogP contribution in [0.1, 0.15) is 40.0 Å². The first-order valence-corrected chi connectivity index (χ1v) is 8.48. The predicted octanol–water partition coefficient (Wildman–Crippen LogP) is 2.64. The number of nitrogens with one attached hydrogen (secondary N) is 1. The van der Waals surface area contributed by atoms with Crippen molar-refractivity contribution in [1.29, 1.82) is 0 Å². The standard InChI is InChI=1S/C16H32N4.HI/c1-4-17-16(20-9-6-7-14(3)12-20)18-11-15-8-10-19(5-2)13-15;/h14-15H,4-13H2,1-3H3,(H,17,18);1H. The van der Waals surface area contributed by atoms with E-state index in [1.165, 1.54) is 45.4 Å². The van der Waals surface area contributed by atoms with Gasteiger partial charge in [0.1, 0.15) is 0 Å². The average Bonchev–Trinajstić information content (AvgIpc) is 2.91. The fraction of sp³-hybridized carbons (Fsp3) is 0.938. The molecule has 2 rings (SSSR count). The third-order valence-electron chi connectivity index (χ3n) is 4.61. The first-order chi connectivity index (χ1) is 9.72. The molecule has 2 saturated heterocycles. The molecule has 0 aromatic heterocycles. The molecule has 2 unspecified atom stereocenters. The number of likely N-dealkylation sites (tertiary alicyclic amines) is 2. The van der Waals surface area contributed by atoms with Crippen LogP contribution < -0.4 is 5.32 Å². The van der Waals surface area contributed by atoms with Crippen molar-refractivity contribution in [3.05, 3.63) is 0 Å². The molecule has 2 fully saturated rings. The summed E-state index contributed by atoms with van der Waals surface area (Å²) in [6.45, 7) is 14.7. The number of piperidine rings is 1. The Morgan fingerprint density at radius 2 is 2.00 bits per heavy atom. The van der Waals surface area contributed by atoms with Crippen LogP contribution in [0.2, 0.25) is 0 Å². The molecular formula is C16H33IN4. The van der Waals surface area contributed by atoms with Crippen molar-refractivity contribution in [2.75, 3.05) is 45.8 Å². The van der Waals surface area contributed by atoms with Crippen LogP contribution >= 0.6 is 24.0 Å². The van der Waals surface area contributed by atoms with E-state index in [-0.39, 0.29) is 24.0 Å². The zero-order chi connectivity index (χ0) is 14.4. The Hall–Kier alpha value is -0.0400. The van der Waals surface area contributed by atoms with Crippen molar-refractivity contribution >= 4 is 29.9 Å². The minimum absolute atomic E-state index is 0. The summed E-state index contributed by atoms with van der Waals surface area (Å²) >= 11 is 0. The predicted molar refractivity (Wildman–Crippen MR) is 102 cm³/mol. The van der Waals surface area contributed by atoms with Gasteiger partial charge in [-0.1, -0.05) is 13.8 Å². The van der Waals surface area contributed by atoms with Gasteiger partial charge in [0, 0.05) is 32.7 Å². The summed E-state index contributed by atoms with van der Waals surface area (Å²) < 4.78 is 0. The smallest absolute Gasteiger partial charge is 0.193 e. The molecule has 0 radical (unpaired) electrons. The fourth-order valence-corrected chi connectivity index (χ4v) is 3.37. The molecule has 0 aliphatic carbocycles. The Morgan fingerprint density at radius 1 is 1.19 bits per heavy atom. The maximum atomic E-state index is 4.93. The highest BCUT2D eigenvalue weighted by Crippen LogP contribution is 2.18. The second kappa shape index (κ2) is 9.87. The van der Waals surface area contributed by atoms with Crippen molar-refractivity contribution in [2.45, 2.75) is 40.0 Å². The lowest BCUT2D eigenvalue weighted by molar-refractivity contribution is 0.265. The first-order valence-electron chi connectivity index (χ1n) is 8.48. The lowest BCUT2D eigenvalue weighted by Gasteiger charge is -2.33. The molecule has 4 nitrogen and oxygen atoms in total. The van der Waals surface area contributed by atoms with Crippen molar-refractivity contribution < 1.29 is 0 Å². The zero-order valence-corrected chi connectivity index (χ0v) is 16.3. The second-order valence-electron chi connectivity index (χ2n) is 6.44. The zero-order valence-electron chi connectivity index (χ0n) is 14.0. The largest absolute Gasteiger partial charge is 0.357 e. The number of hydrogen-bond acceptors (Lipinski definition) is 2. The molecule has 21 heavy (non-hydrogen) atoms. The van der Waals surface area contributed by atoms with Crippen LogP contribution in [0.3, 0.4) is 0 Å². The maximum absolute atomic E-state index is 4.93. The van der Waals surface area contributed by atoms with E-state index in [4.69, 9.17) is 4.99 Å². The van der Waals surface area contributed by atoms with Crippen molar-refractivity contribution in [1.82, 2.24) is 15.1 Å². The van der Waals surface area contributed by atoms with Crippen molar-refractivity contribution in [3.8, 4) is 0 Å². The Bertz CT molecular complexity index is 321. The van der Waals surface area contributed by atoms with Gasteiger partial charge in [0.2, 0.25) is 0 Å². The number of guanidine groups is 1. The molecule has 1 N–H and O–H groups in total. The minimum atomic E-state index is 0. The summed E-state index contributed by atoms with van der Waals surface area (Å²) in [7, 11) is 0. The third-order valence-corrected chi connectivity index (χ3v) is 4.61. The summed E-state index contributed by atoms with van der Waals surface area (Å²) in [6.07, 6.45) is 3.98. The van der Waals surface area contributed by atoms with Crippen LogP contribution in [0.5, 0.6) is 0 Å². The number of halogens is 1. The van der Waals surface area contributed by atoms with E-state index in [2.05, 4.69) is 35.9 Å². The number of rotatable bonds is 4. The van der Waals surface area contributed by atoms with Crippen LogP contribution in [-0.2, 0) is 0 Å². The van der Waals surface area contributed by atoms with Gasteiger partial charge >= 0.3 is 0 Å². The summed E-state index contributed by atoms with van der Waals surface area (Å²) in [5, 5.41) is 3.48. The van der Waals surface area contributed by atoms with Gasteiger partial charge in [-0.3, -0.25) is 4.99 Å². The highest BCUT2D eigenvalue weighted by atomic mass is 127. The van der Waals surface area contributed by atoms with Crippen LogP contribution in [0.25, 0.3) is 0 Å². The molecule has 0 aromatic rings. The molecule has 0 spiro atoms. The summed E-state index contributed by atoms with van der Waals surface area (Å²) in [4.78, 5) is 9.93. The summed E-state index contributed by atoms with van der Waals surface area (Å²) in [6, 6.07) is 0. The number of hydrogen-bond donors (Lipinski definition) is 1.